The number of ether oxygens (including phenoxy) is 1. The fourth-order valence-electron chi connectivity index (χ4n) is 5.94. The van der Waals surface area contributed by atoms with Crippen molar-refractivity contribution >= 4 is 17.6 Å². The van der Waals surface area contributed by atoms with E-state index in [2.05, 4.69) is 34.6 Å². The zero-order chi connectivity index (χ0) is 25.8. The van der Waals surface area contributed by atoms with Crippen LogP contribution in [0.15, 0.2) is 24.3 Å². The second-order valence-corrected chi connectivity index (χ2v) is 10.6. The second kappa shape index (κ2) is 11.8. The van der Waals surface area contributed by atoms with Gasteiger partial charge in [0.25, 0.3) is 5.91 Å². The van der Waals surface area contributed by atoms with Gasteiger partial charge in [-0.1, -0.05) is 39.3 Å². The van der Waals surface area contributed by atoms with Crippen LogP contribution >= 0.6 is 0 Å². The predicted octanol–water partition coefficient (Wildman–Crippen LogP) is 2.19. The van der Waals surface area contributed by atoms with Gasteiger partial charge in [0, 0.05) is 12.1 Å². The van der Waals surface area contributed by atoms with E-state index < -0.39 is 12.1 Å². The summed E-state index contributed by atoms with van der Waals surface area (Å²) in [4.78, 5) is 43.5. The molecule has 198 valence electrons. The Balaban J connectivity index is 1.42. The summed E-state index contributed by atoms with van der Waals surface area (Å²) in [6.07, 6.45) is 3.87. The Hall–Kier alpha value is -2.29. The summed E-state index contributed by atoms with van der Waals surface area (Å²) in [5.41, 5.74) is 1.83. The van der Waals surface area contributed by atoms with Gasteiger partial charge in [-0.15, -0.1) is 0 Å². The van der Waals surface area contributed by atoms with E-state index in [1.54, 1.807) is 4.90 Å². The zero-order valence-corrected chi connectivity index (χ0v) is 22.2. The van der Waals surface area contributed by atoms with Crippen molar-refractivity contribution in [3.05, 3.63) is 35.4 Å². The van der Waals surface area contributed by atoms with Gasteiger partial charge >= 0.3 is 0 Å². The maximum Gasteiger partial charge on any atom is 0.251 e. The number of likely N-dealkylation sites (N-methyl/N-ethyl adjacent to an activating group) is 1. The molecule has 0 saturated carbocycles. The number of likely N-dealkylation sites (tertiary alicyclic amines) is 2. The number of carbonyl (C=O) groups is 3. The minimum atomic E-state index is -0.699. The van der Waals surface area contributed by atoms with Crippen molar-refractivity contribution in [3.63, 3.8) is 0 Å². The van der Waals surface area contributed by atoms with E-state index in [1.165, 1.54) is 12.0 Å². The first-order chi connectivity index (χ1) is 17.4. The molecule has 4 rings (SSSR count). The lowest BCUT2D eigenvalue weighted by Gasteiger charge is -2.32. The number of piperidine rings is 1. The Kier molecular flexibility index (Phi) is 8.80. The molecule has 0 radical (unpaired) electrons. The SMILES string of the molecule is CCCN1CCC(c2ccc(C(=O)N[C@H](C(=O)N3C[C@H](NC)[C@H]4OCC(=O)[C@H]43)[C@@H](C)CC)cc2)CC1. The summed E-state index contributed by atoms with van der Waals surface area (Å²) < 4.78 is 5.67. The molecule has 2 N–H and O–H groups in total. The molecule has 1 aromatic rings. The molecule has 5 atom stereocenters. The molecule has 3 heterocycles. The monoisotopic (exact) mass is 498 g/mol. The van der Waals surface area contributed by atoms with Gasteiger partial charge in [0.15, 0.2) is 5.78 Å². The topological polar surface area (TPSA) is 91.0 Å². The van der Waals surface area contributed by atoms with Crippen LogP contribution in [-0.2, 0) is 14.3 Å². The largest absolute Gasteiger partial charge is 0.366 e. The molecule has 3 aliphatic rings. The van der Waals surface area contributed by atoms with Crippen molar-refractivity contribution in [2.24, 2.45) is 5.92 Å². The Labute approximate surface area is 215 Å². The Morgan fingerprint density at radius 2 is 1.83 bits per heavy atom. The van der Waals surface area contributed by atoms with Crippen molar-refractivity contribution in [1.29, 1.82) is 0 Å². The van der Waals surface area contributed by atoms with Crippen LogP contribution in [0.5, 0.6) is 0 Å². The smallest absolute Gasteiger partial charge is 0.251 e. The van der Waals surface area contributed by atoms with E-state index in [4.69, 9.17) is 4.74 Å². The van der Waals surface area contributed by atoms with Crippen molar-refractivity contribution in [1.82, 2.24) is 20.4 Å². The van der Waals surface area contributed by atoms with Crippen LogP contribution in [0.3, 0.4) is 0 Å². The average Bonchev–Trinajstić information content (AvgIpc) is 3.47. The van der Waals surface area contributed by atoms with Crippen LogP contribution in [0.25, 0.3) is 0 Å². The van der Waals surface area contributed by atoms with Gasteiger partial charge in [0.2, 0.25) is 5.91 Å². The fraction of sp³-hybridized carbons (Fsp3) is 0.679. The maximum absolute atomic E-state index is 13.7. The predicted molar refractivity (Wildman–Crippen MR) is 139 cm³/mol. The molecule has 3 saturated heterocycles. The summed E-state index contributed by atoms with van der Waals surface area (Å²) >= 11 is 0. The number of amides is 2. The third-order valence-corrected chi connectivity index (χ3v) is 8.38. The molecule has 8 heteroatoms. The van der Waals surface area contributed by atoms with Crippen molar-refractivity contribution in [3.8, 4) is 0 Å². The quantitative estimate of drug-likeness (QED) is 0.543. The van der Waals surface area contributed by atoms with Crippen LogP contribution in [0.2, 0.25) is 0 Å². The first-order valence-corrected chi connectivity index (χ1v) is 13.6. The number of benzene rings is 1. The molecular weight excluding hydrogens is 456 g/mol. The molecule has 0 bridgehead atoms. The van der Waals surface area contributed by atoms with E-state index in [9.17, 15) is 14.4 Å². The van der Waals surface area contributed by atoms with E-state index in [0.29, 0.717) is 18.0 Å². The van der Waals surface area contributed by atoms with Crippen LogP contribution in [-0.4, -0.2) is 91.5 Å². The molecule has 0 unspecified atom stereocenters. The summed E-state index contributed by atoms with van der Waals surface area (Å²) in [6, 6.07) is 6.49. The van der Waals surface area contributed by atoms with Gasteiger partial charge in [0.05, 0.1) is 6.04 Å². The minimum absolute atomic E-state index is 0.0294. The van der Waals surface area contributed by atoms with E-state index in [0.717, 1.165) is 38.9 Å². The van der Waals surface area contributed by atoms with Crippen LogP contribution in [0.4, 0.5) is 0 Å². The van der Waals surface area contributed by atoms with Crippen LogP contribution < -0.4 is 10.6 Å². The zero-order valence-electron chi connectivity index (χ0n) is 22.2. The normalized spacial score (nSPS) is 26.6. The first kappa shape index (κ1) is 26.8. The Bertz CT molecular complexity index is 928. The molecule has 8 nitrogen and oxygen atoms in total. The number of hydrogen-bond donors (Lipinski definition) is 2. The van der Waals surface area contributed by atoms with Gasteiger partial charge in [-0.05, 0) is 75.5 Å². The van der Waals surface area contributed by atoms with Crippen LogP contribution in [0.1, 0.15) is 68.3 Å². The van der Waals surface area contributed by atoms with Gasteiger partial charge in [-0.25, -0.2) is 0 Å². The second-order valence-electron chi connectivity index (χ2n) is 10.6. The Morgan fingerprint density at radius 1 is 1.14 bits per heavy atom. The number of hydrogen-bond acceptors (Lipinski definition) is 6. The summed E-state index contributed by atoms with van der Waals surface area (Å²) in [5.74, 6) is -0.0818. The third kappa shape index (κ3) is 5.50. The third-order valence-electron chi connectivity index (χ3n) is 8.38. The molecular formula is C28H42N4O4. The Morgan fingerprint density at radius 3 is 2.44 bits per heavy atom. The molecule has 36 heavy (non-hydrogen) atoms. The summed E-state index contributed by atoms with van der Waals surface area (Å²) in [7, 11) is 1.81. The van der Waals surface area contributed by atoms with E-state index in [-0.39, 0.29) is 42.3 Å². The summed E-state index contributed by atoms with van der Waals surface area (Å²) in [5, 5.41) is 6.17. The molecule has 2 amide bonds. The molecule has 0 spiro atoms. The first-order valence-electron chi connectivity index (χ1n) is 13.6. The van der Waals surface area contributed by atoms with E-state index >= 15 is 0 Å². The van der Waals surface area contributed by atoms with Gasteiger partial charge in [0.1, 0.15) is 24.8 Å². The number of rotatable bonds is 9. The van der Waals surface area contributed by atoms with Gasteiger partial charge in [-0.3, -0.25) is 14.4 Å². The highest BCUT2D eigenvalue weighted by atomic mass is 16.5. The number of Topliss-reactive ketones (excluding diaryl/α,β-unsaturated/α-hetero) is 1. The van der Waals surface area contributed by atoms with Crippen molar-refractivity contribution in [2.45, 2.75) is 76.6 Å². The highest BCUT2D eigenvalue weighted by Crippen LogP contribution is 2.30. The van der Waals surface area contributed by atoms with Gasteiger partial charge < -0.3 is 25.2 Å². The number of nitrogens with zero attached hydrogens (tertiary/aromatic N) is 2. The minimum Gasteiger partial charge on any atom is -0.366 e. The van der Waals surface area contributed by atoms with Crippen LogP contribution in [0, 0.1) is 5.92 Å². The number of ketones is 1. The lowest BCUT2D eigenvalue weighted by molar-refractivity contribution is -0.139. The standard InChI is InChI=1S/C28H42N4O4/c1-5-13-31-14-11-20(12-15-31)19-7-9-21(10-8-19)27(34)30-24(18(3)6-2)28(35)32-16-22(29-4)26-25(32)23(33)17-36-26/h7-10,18,20,22,24-26,29H,5-6,11-17H2,1-4H3,(H,30,34)/t18-,22-,24-,25+,26+/m0/s1. The highest BCUT2D eigenvalue weighted by molar-refractivity contribution is 5.99. The van der Waals surface area contributed by atoms with Crippen molar-refractivity contribution in [2.75, 3.05) is 39.8 Å². The molecule has 3 fully saturated rings. The lowest BCUT2D eigenvalue weighted by atomic mass is 9.89. The number of nitrogens with one attached hydrogen (secondary N) is 2. The molecule has 3 aliphatic heterocycles. The summed E-state index contributed by atoms with van der Waals surface area (Å²) in [6.45, 7) is 10.0. The number of fused-ring (bicyclic) bond motifs is 1. The highest BCUT2D eigenvalue weighted by Gasteiger charge is 2.53. The maximum atomic E-state index is 13.7. The van der Waals surface area contributed by atoms with Gasteiger partial charge in [-0.2, -0.15) is 0 Å². The molecule has 0 aromatic heterocycles. The number of carbonyl (C=O) groups excluding carboxylic acids is 3. The fourth-order valence-corrected chi connectivity index (χ4v) is 5.94. The average molecular weight is 499 g/mol. The lowest BCUT2D eigenvalue weighted by Crippen LogP contribution is -2.54. The molecule has 0 aliphatic carbocycles. The van der Waals surface area contributed by atoms with Crippen molar-refractivity contribution < 1.29 is 19.1 Å². The van der Waals surface area contributed by atoms with E-state index in [1.807, 2.05) is 33.0 Å². The molecule has 1 aromatic carbocycles.